The normalized spacial score (nSPS) is 11.0. The van der Waals surface area contributed by atoms with Crippen molar-refractivity contribution in [3.8, 4) is 11.3 Å². The maximum absolute atomic E-state index is 12.8. The zero-order valence-electron chi connectivity index (χ0n) is 16.2. The zero-order chi connectivity index (χ0) is 20.4. The number of hydrogen-bond acceptors (Lipinski definition) is 5. The maximum Gasteiger partial charge on any atom is 0.257 e. The van der Waals surface area contributed by atoms with Crippen molar-refractivity contribution in [2.24, 2.45) is 0 Å². The van der Waals surface area contributed by atoms with Crippen LogP contribution < -0.4 is 10.7 Å². The number of aryl methyl sites for hydroxylation is 2. The van der Waals surface area contributed by atoms with Gasteiger partial charge in [-0.15, -0.1) is 0 Å². The Balaban J connectivity index is 1.60. The molecule has 4 aromatic heterocycles. The molecule has 1 N–H and O–H groups in total. The molecule has 0 aliphatic heterocycles. The summed E-state index contributed by atoms with van der Waals surface area (Å²) in [6, 6.07) is 9.04. The first-order chi connectivity index (χ1) is 14.1. The van der Waals surface area contributed by atoms with E-state index in [0.717, 1.165) is 16.8 Å². The van der Waals surface area contributed by atoms with Gasteiger partial charge in [0.2, 0.25) is 5.43 Å². The van der Waals surface area contributed by atoms with Crippen LogP contribution in [-0.2, 0) is 13.1 Å². The summed E-state index contributed by atoms with van der Waals surface area (Å²) in [5.74, 6) is 0.275. The fourth-order valence-corrected chi connectivity index (χ4v) is 3.20. The van der Waals surface area contributed by atoms with Gasteiger partial charge >= 0.3 is 0 Å². The number of hydrogen-bond donors (Lipinski definition) is 1. The van der Waals surface area contributed by atoms with Gasteiger partial charge in [0.15, 0.2) is 0 Å². The molecule has 7 heteroatoms. The van der Waals surface area contributed by atoms with Crippen molar-refractivity contribution in [3.05, 3.63) is 82.2 Å². The number of furan rings is 1. The molecule has 7 nitrogen and oxygen atoms in total. The monoisotopic (exact) mass is 388 g/mol. The van der Waals surface area contributed by atoms with Gasteiger partial charge in [-0.3, -0.25) is 14.6 Å². The van der Waals surface area contributed by atoms with Gasteiger partial charge in [0.25, 0.3) is 5.91 Å². The van der Waals surface area contributed by atoms with Crippen LogP contribution >= 0.6 is 0 Å². The van der Waals surface area contributed by atoms with Gasteiger partial charge in [-0.2, -0.15) is 0 Å². The van der Waals surface area contributed by atoms with E-state index < -0.39 is 5.91 Å². The number of nitrogens with zero attached hydrogens (tertiary/aromatic N) is 3. The van der Waals surface area contributed by atoms with Gasteiger partial charge < -0.3 is 14.3 Å². The lowest BCUT2D eigenvalue weighted by Crippen LogP contribution is -2.29. The minimum Gasteiger partial charge on any atom is -0.464 e. The molecule has 0 spiro atoms. The second kappa shape index (κ2) is 7.71. The van der Waals surface area contributed by atoms with Crippen LogP contribution in [0.3, 0.4) is 0 Å². The van der Waals surface area contributed by atoms with Crippen molar-refractivity contribution >= 4 is 16.9 Å². The molecule has 29 heavy (non-hydrogen) atoms. The second-order valence-electron chi connectivity index (χ2n) is 6.72. The molecule has 0 bridgehead atoms. The highest BCUT2D eigenvalue weighted by Crippen LogP contribution is 2.19. The Morgan fingerprint density at radius 2 is 2.10 bits per heavy atom. The van der Waals surface area contributed by atoms with Gasteiger partial charge in [-0.05, 0) is 49.7 Å². The van der Waals surface area contributed by atoms with Crippen molar-refractivity contribution in [2.45, 2.75) is 26.9 Å². The standard InChI is InChI=1S/C22H20N4O3/c1-3-26-13-18(20(27)17-7-6-14(2)25-21(17)26)22(28)24-11-15-9-16(12-23-10-15)19-5-4-8-29-19/h4-10,12-13H,3,11H2,1-2H3,(H,24,28). The second-order valence-corrected chi connectivity index (χ2v) is 6.72. The SMILES string of the molecule is CCn1cc(C(=O)NCc2cncc(-c3ccco3)c2)c(=O)c2ccc(C)nc21. The van der Waals surface area contributed by atoms with Crippen molar-refractivity contribution in [2.75, 3.05) is 0 Å². The van der Waals surface area contributed by atoms with Gasteiger partial charge in [-0.25, -0.2) is 4.98 Å². The van der Waals surface area contributed by atoms with Crippen LogP contribution in [0.2, 0.25) is 0 Å². The molecule has 0 atom stereocenters. The van der Waals surface area contributed by atoms with Crippen molar-refractivity contribution < 1.29 is 9.21 Å². The van der Waals surface area contributed by atoms with Crippen LogP contribution in [0.1, 0.15) is 28.5 Å². The van der Waals surface area contributed by atoms with Crippen LogP contribution in [-0.4, -0.2) is 20.4 Å². The van der Waals surface area contributed by atoms with Gasteiger partial charge in [-0.1, -0.05) is 0 Å². The molecule has 0 radical (unpaired) electrons. The third kappa shape index (κ3) is 3.67. The fourth-order valence-electron chi connectivity index (χ4n) is 3.20. The minimum absolute atomic E-state index is 0.0974. The molecule has 0 aromatic carbocycles. The third-order valence-corrected chi connectivity index (χ3v) is 4.70. The van der Waals surface area contributed by atoms with Crippen LogP contribution in [0.4, 0.5) is 0 Å². The van der Waals surface area contributed by atoms with Gasteiger partial charge in [0.05, 0.1) is 11.6 Å². The van der Waals surface area contributed by atoms with E-state index >= 15 is 0 Å². The molecular weight excluding hydrogens is 368 g/mol. The van der Waals surface area contributed by atoms with Crippen molar-refractivity contribution in [3.63, 3.8) is 0 Å². The van der Waals surface area contributed by atoms with Gasteiger partial charge in [0.1, 0.15) is 17.0 Å². The fraction of sp³-hybridized carbons (Fsp3) is 0.182. The first kappa shape index (κ1) is 18.6. The van der Waals surface area contributed by atoms with E-state index in [2.05, 4.69) is 15.3 Å². The first-order valence-corrected chi connectivity index (χ1v) is 9.33. The van der Waals surface area contributed by atoms with Gasteiger partial charge in [0, 0.05) is 42.9 Å². The smallest absolute Gasteiger partial charge is 0.257 e. The Morgan fingerprint density at radius 3 is 2.86 bits per heavy atom. The summed E-state index contributed by atoms with van der Waals surface area (Å²) in [6.07, 6.45) is 6.54. The van der Waals surface area contributed by atoms with E-state index in [1.807, 2.05) is 30.5 Å². The summed E-state index contributed by atoms with van der Waals surface area (Å²) < 4.78 is 7.20. The molecule has 0 saturated carbocycles. The lowest BCUT2D eigenvalue weighted by atomic mass is 10.1. The number of carbonyl (C=O) groups excluding carboxylic acids is 1. The molecule has 4 heterocycles. The third-order valence-electron chi connectivity index (χ3n) is 4.70. The summed E-state index contributed by atoms with van der Waals surface area (Å²) in [7, 11) is 0. The predicted octanol–water partition coefficient (Wildman–Crippen LogP) is 3.31. The highest BCUT2D eigenvalue weighted by atomic mass is 16.3. The molecule has 0 fully saturated rings. The van der Waals surface area contributed by atoms with E-state index in [1.54, 1.807) is 43.1 Å². The molecule has 0 unspecified atom stereocenters. The maximum atomic E-state index is 12.8. The summed E-state index contributed by atoms with van der Waals surface area (Å²) in [5, 5.41) is 3.25. The Morgan fingerprint density at radius 1 is 1.24 bits per heavy atom. The van der Waals surface area contributed by atoms with Crippen molar-refractivity contribution in [1.29, 1.82) is 0 Å². The molecular formula is C22H20N4O3. The molecule has 146 valence electrons. The Kier molecular flexibility index (Phi) is 4.95. The predicted molar refractivity (Wildman–Crippen MR) is 110 cm³/mol. The summed E-state index contributed by atoms with van der Waals surface area (Å²) in [6.45, 7) is 4.66. The molecule has 4 aromatic rings. The van der Waals surface area contributed by atoms with E-state index in [-0.39, 0.29) is 17.5 Å². The molecule has 4 rings (SSSR count). The number of amides is 1. The van der Waals surface area contributed by atoms with E-state index in [4.69, 9.17) is 4.42 Å². The minimum atomic E-state index is -0.428. The number of nitrogens with one attached hydrogen (secondary N) is 1. The average Bonchev–Trinajstić information content (AvgIpc) is 3.27. The van der Waals surface area contributed by atoms with E-state index in [0.29, 0.717) is 23.3 Å². The Hall–Kier alpha value is -3.74. The Labute approximate surface area is 167 Å². The van der Waals surface area contributed by atoms with Crippen LogP contribution in [0.25, 0.3) is 22.4 Å². The van der Waals surface area contributed by atoms with Crippen molar-refractivity contribution in [1.82, 2.24) is 19.9 Å². The quantitative estimate of drug-likeness (QED) is 0.566. The highest BCUT2D eigenvalue weighted by molar-refractivity contribution is 5.96. The van der Waals surface area contributed by atoms with Crippen LogP contribution in [0, 0.1) is 6.92 Å². The molecule has 0 aliphatic carbocycles. The molecule has 1 amide bonds. The largest absolute Gasteiger partial charge is 0.464 e. The zero-order valence-corrected chi connectivity index (χ0v) is 16.2. The topological polar surface area (TPSA) is 90.0 Å². The highest BCUT2D eigenvalue weighted by Gasteiger charge is 2.16. The number of fused-ring (bicyclic) bond motifs is 1. The van der Waals surface area contributed by atoms with Crippen LogP contribution in [0.5, 0.6) is 0 Å². The average molecular weight is 388 g/mol. The number of pyridine rings is 3. The first-order valence-electron chi connectivity index (χ1n) is 9.33. The summed E-state index contributed by atoms with van der Waals surface area (Å²) >= 11 is 0. The number of carbonyl (C=O) groups is 1. The van der Waals surface area contributed by atoms with Crippen LogP contribution in [0.15, 0.2) is 64.4 Å². The lowest BCUT2D eigenvalue weighted by molar-refractivity contribution is 0.0949. The Bertz CT molecular complexity index is 1240. The lowest BCUT2D eigenvalue weighted by Gasteiger charge is -2.12. The number of aromatic nitrogens is 3. The number of rotatable bonds is 5. The van der Waals surface area contributed by atoms with E-state index in [9.17, 15) is 9.59 Å². The molecule has 0 saturated heterocycles. The van der Waals surface area contributed by atoms with E-state index in [1.165, 1.54) is 0 Å². The molecule has 0 aliphatic rings. The summed E-state index contributed by atoms with van der Waals surface area (Å²) in [5.41, 5.74) is 2.81. The summed E-state index contributed by atoms with van der Waals surface area (Å²) in [4.78, 5) is 34.2.